The standard InChI is InChI=1S/C12H23NO3/c1-8(2)13-9(14)11(3,4)7-12(5,6)10(15)16/h8H,7H2,1-6H3,(H,13,14)(H,15,16). The summed E-state index contributed by atoms with van der Waals surface area (Å²) in [6, 6.07) is 0.0692. The molecule has 0 aliphatic carbocycles. The van der Waals surface area contributed by atoms with Gasteiger partial charge in [-0.25, -0.2) is 0 Å². The molecule has 2 N–H and O–H groups in total. The monoisotopic (exact) mass is 229 g/mol. The zero-order valence-electron chi connectivity index (χ0n) is 11.0. The van der Waals surface area contributed by atoms with Crippen molar-refractivity contribution in [3.05, 3.63) is 0 Å². The van der Waals surface area contributed by atoms with E-state index in [0.717, 1.165) is 0 Å². The van der Waals surface area contributed by atoms with Crippen LogP contribution in [0.3, 0.4) is 0 Å². The molecule has 0 aliphatic heterocycles. The van der Waals surface area contributed by atoms with Gasteiger partial charge >= 0.3 is 5.97 Å². The van der Waals surface area contributed by atoms with Crippen LogP contribution in [0.4, 0.5) is 0 Å². The minimum absolute atomic E-state index is 0.0692. The predicted octanol–water partition coefficient (Wildman–Crippen LogP) is 2.04. The third-order valence-electron chi connectivity index (χ3n) is 2.50. The Morgan fingerprint density at radius 2 is 1.56 bits per heavy atom. The Balaban J connectivity index is 4.68. The van der Waals surface area contributed by atoms with Gasteiger partial charge in [-0.3, -0.25) is 9.59 Å². The Morgan fingerprint density at radius 3 is 1.88 bits per heavy atom. The number of nitrogens with one attached hydrogen (secondary N) is 1. The Hall–Kier alpha value is -1.06. The summed E-state index contributed by atoms with van der Waals surface area (Å²) < 4.78 is 0. The van der Waals surface area contributed by atoms with Gasteiger partial charge in [0.1, 0.15) is 0 Å². The molecule has 0 radical (unpaired) electrons. The van der Waals surface area contributed by atoms with E-state index in [2.05, 4.69) is 5.32 Å². The summed E-state index contributed by atoms with van der Waals surface area (Å²) in [5.74, 6) is -0.977. The van der Waals surface area contributed by atoms with E-state index in [4.69, 9.17) is 5.11 Å². The summed E-state index contributed by atoms with van der Waals surface area (Å²) in [6.07, 6.45) is 0.313. The van der Waals surface area contributed by atoms with E-state index >= 15 is 0 Å². The van der Waals surface area contributed by atoms with E-state index in [9.17, 15) is 9.59 Å². The lowest BCUT2D eigenvalue weighted by Crippen LogP contribution is -2.44. The van der Waals surface area contributed by atoms with Crippen LogP contribution in [0.2, 0.25) is 0 Å². The topological polar surface area (TPSA) is 66.4 Å². The molecular weight excluding hydrogens is 206 g/mol. The zero-order valence-corrected chi connectivity index (χ0v) is 11.0. The first kappa shape index (κ1) is 14.9. The lowest BCUT2D eigenvalue weighted by molar-refractivity contribution is -0.149. The average Bonchev–Trinajstić information content (AvgIpc) is 2.00. The summed E-state index contributed by atoms with van der Waals surface area (Å²) in [5.41, 5.74) is -1.57. The van der Waals surface area contributed by atoms with Crippen LogP contribution in [0.25, 0.3) is 0 Å². The molecule has 0 saturated heterocycles. The molecule has 0 saturated carbocycles. The molecule has 94 valence electrons. The largest absolute Gasteiger partial charge is 0.481 e. The van der Waals surface area contributed by atoms with Crippen LogP contribution < -0.4 is 5.32 Å². The van der Waals surface area contributed by atoms with Gasteiger partial charge in [0, 0.05) is 11.5 Å². The zero-order chi connectivity index (χ0) is 13.1. The van der Waals surface area contributed by atoms with Gasteiger partial charge in [0.2, 0.25) is 5.91 Å². The number of rotatable bonds is 5. The van der Waals surface area contributed by atoms with Crippen LogP contribution in [-0.2, 0) is 9.59 Å². The molecule has 0 fully saturated rings. The molecule has 0 unspecified atom stereocenters. The van der Waals surface area contributed by atoms with Crippen LogP contribution in [0.15, 0.2) is 0 Å². The quantitative estimate of drug-likeness (QED) is 0.758. The van der Waals surface area contributed by atoms with Crippen LogP contribution in [0, 0.1) is 10.8 Å². The second-order valence-electron chi connectivity index (χ2n) is 5.88. The Kier molecular flexibility index (Phi) is 4.53. The van der Waals surface area contributed by atoms with Crippen molar-refractivity contribution < 1.29 is 14.7 Å². The van der Waals surface area contributed by atoms with Crippen molar-refractivity contribution in [3.8, 4) is 0 Å². The van der Waals surface area contributed by atoms with Crippen LogP contribution >= 0.6 is 0 Å². The molecule has 0 spiro atoms. The molecule has 4 nitrogen and oxygen atoms in total. The van der Waals surface area contributed by atoms with Crippen molar-refractivity contribution >= 4 is 11.9 Å². The van der Waals surface area contributed by atoms with Gasteiger partial charge in [0.25, 0.3) is 0 Å². The molecule has 0 aromatic rings. The lowest BCUT2D eigenvalue weighted by atomic mass is 9.74. The molecule has 0 aromatic heterocycles. The smallest absolute Gasteiger partial charge is 0.309 e. The molecule has 0 aliphatic rings. The summed E-state index contributed by atoms with van der Waals surface area (Å²) >= 11 is 0. The summed E-state index contributed by atoms with van der Waals surface area (Å²) in [4.78, 5) is 22.9. The van der Waals surface area contributed by atoms with E-state index in [1.165, 1.54) is 0 Å². The molecular formula is C12H23NO3. The van der Waals surface area contributed by atoms with Gasteiger partial charge < -0.3 is 10.4 Å². The van der Waals surface area contributed by atoms with E-state index in [1.807, 2.05) is 13.8 Å². The van der Waals surface area contributed by atoms with Crippen molar-refractivity contribution in [2.45, 2.75) is 54.0 Å². The van der Waals surface area contributed by atoms with Crippen LogP contribution in [0.5, 0.6) is 0 Å². The number of carboxylic acid groups (broad SMARTS) is 1. The minimum Gasteiger partial charge on any atom is -0.481 e. The van der Waals surface area contributed by atoms with Crippen LogP contribution in [-0.4, -0.2) is 23.0 Å². The fourth-order valence-corrected chi connectivity index (χ4v) is 1.72. The van der Waals surface area contributed by atoms with Gasteiger partial charge in [0.05, 0.1) is 5.41 Å². The average molecular weight is 229 g/mol. The normalized spacial score (nSPS) is 12.7. The maximum atomic E-state index is 11.9. The second-order valence-corrected chi connectivity index (χ2v) is 5.88. The third-order valence-corrected chi connectivity index (χ3v) is 2.50. The predicted molar refractivity (Wildman–Crippen MR) is 63.1 cm³/mol. The summed E-state index contributed by atoms with van der Waals surface area (Å²) in [7, 11) is 0. The summed E-state index contributed by atoms with van der Waals surface area (Å²) in [6.45, 7) is 10.6. The van der Waals surface area contributed by atoms with Gasteiger partial charge in [-0.1, -0.05) is 13.8 Å². The maximum Gasteiger partial charge on any atom is 0.309 e. The SMILES string of the molecule is CC(C)NC(=O)C(C)(C)CC(C)(C)C(=O)O. The van der Waals surface area contributed by atoms with Crippen molar-refractivity contribution in [3.63, 3.8) is 0 Å². The van der Waals surface area contributed by atoms with Crippen molar-refractivity contribution in [2.75, 3.05) is 0 Å². The lowest BCUT2D eigenvalue weighted by Gasteiger charge is -2.31. The molecule has 16 heavy (non-hydrogen) atoms. The van der Waals surface area contributed by atoms with Gasteiger partial charge in [-0.05, 0) is 34.1 Å². The molecule has 0 atom stereocenters. The third kappa shape index (κ3) is 4.21. The first-order valence-corrected chi connectivity index (χ1v) is 5.53. The van der Waals surface area contributed by atoms with E-state index in [0.29, 0.717) is 6.42 Å². The van der Waals surface area contributed by atoms with Crippen molar-refractivity contribution in [2.24, 2.45) is 10.8 Å². The molecule has 0 heterocycles. The van der Waals surface area contributed by atoms with E-state index < -0.39 is 16.8 Å². The summed E-state index contributed by atoms with van der Waals surface area (Å²) in [5, 5.41) is 11.8. The number of hydrogen-bond acceptors (Lipinski definition) is 2. The number of carbonyl (C=O) groups is 2. The highest BCUT2D eigenvalue weighted by atomic mass is 16.4. The Labute approximate surface area is 97.4 Å². The highest BCUT2D eigenvalue weighted by Crippen LogP contribution is 2.34. The van der Waals surface area contributed by atoms with Crippen molar-refractivity contribution in [1.82, 2.24) is 5.32 Å². The van der Waals surface area contributed by atoms with Gasteiger partial charge in [-0.15, -0.1) is 0 Å². The number of carboxylic acids is 1. The number of aliphatic carboxylic acids is 1. The number of amides is 1. The molecule has 4 heteroatoms. The van der Waals surface area contributed by atoms with E-state index in [1.54, 1.807) is 27.7 Å². The fraction of sp³-hybridized carbons (Fsp3) is 0.833. The Morgan fingerprint density at radius 1 is 1.12 bits per heavy atom. The van der Waals surface area contributed by atoms with Crippen LogP contribution in [0.1, 0.15) is 48.0 Å². The highest BCUT2D eigenvalue weighted by Gasteiger charge is 2.38. The fourth-order valence-electron chi connectivity index (χ4n) is 1.72. The Bertz CT molecular complexity index is 280. The van der Waals surface area contributed by atoms with Crippen molar-refractivity contribution in [1.29, 1.82) is 0 Å². The molecule has 0 bridgehead atoms. The number of hydrogen-bond donors (Lipinski definition) is 2. The second kappa shape index (κ2) is 4.85. The molecule has 0 rings (SSSR count). The van der Waals surface area contributed by atoms with Gasteiger partial charge in [-0.2, -0.15) is 0 Å². The van der Waals surface area contributed by atoms with E-state index in [-0.39, 0.29) is 11.9 Å². The van der Waals surface area contributed by atoms with Gasteiger partial charge in [0.15, 0.2) is 0 Å². The molecule has 0 aromatic carbocycles. The first-order valence-electron chi connectivity index (χ1n) is 5.53. The number of carbonyl (C=O) groups excluding carboxylic acids is 1. The minimum atomic E-state index is -0.891. The first-order chi connectivity index (χ1) is 6.99. The molecule has 1 amide bonds. The highest BCUT2D eigenvalue weighted by molar-refractivity contribution is 5.83. The maximum absolute atomic E-state index is 11.9.